The smallest absolute Gasteiger partial charge is 0.244 e. The topological polar surface area (TPSA) is 101 Å². The van der Waals surface area contributed by atoms with Crippen molar-refractivity contribution in [3.8, 4) is 11.4 Å². The molecule has 8 nitrogen and oxygen atoms in total. The monoisotopic (exact) mass is 360 g/mol. The van der Waals surface area contributed by atoms with Gasteiger partial charge in [-0.15, -0.1) is 0 Å². The molecule has 3 heterocycles. The van der Waals surface area contributed by atoms with Gasteiger partial charge in [0.25, 0.3) is 0 Å². The molecular formula is C16H20N6O2S. The molecule has 0 aromatic carbocycles. The highest BCUT2D eigenvalue weighted by molar-refractivity contribution is 7.08. The molecule has 0 bridgehead atoms. The fraction of sp³-hybridized carbons (Fsp3) is 0.375. The van der Waals surface area contributed by atoms with Crippen molar-refractivity contribution in [2.24, 2.45) is 10.8 Å². The summed E-state index contributed by atoms with van der Waals surface area (Å²) in [7, 11) is 0. The van der Waals surface area contributed by atoms with Crippen molar-refractivity contribution in [1.29, 1.82) is 0 Å². The number of nitrogens with zero attached hydrogens (tertiary/aromatic N) is 5. The van der Waals surface area contributed by atoms with Crippen molar-refractivity contribution in [2.75, 3.05) is 19.6 Å². The minimum atomic E-state index is -0.00607. The van der Waals surface area contributed by atoms with Crippen LogP contribution in [0.4, 0.5) is 0 Å². The van der Waals surface area contributed by atoms with E-state index in [2.05, 4.69) is 22.0 Å². The van der Waals surface area contributed by atoms with Crippen LogP contribution in [0.25, 0.3) is 11.4 Å². The van der Waals surface area contributed by atoms with Crippen molar-refractivity contribution < 1.29 is 9.32 Å². The Morgan fingerprint density at radius 2 is 2.36 bits per heavy atom. The van der Waals surface area contributed by atoms with E-state index < -0.39 is 0 Å². The second-order valence-corrected chi connectivity index (χ2v) is 6.48. The summed E-state index contributed by atoms with van der Waals surface area (Å²) in [6.07, 6.45) is 4.44. The van der Waals surface area contributed by atoms with Gasteiger partial charge in [-0.3, -0.25) is 9.80 Å². The predicted molar refractivity (Wildman–Crippen MR) is 95.7 cm³/mol. The normalized spacial score (nSPS) is 15.6. The van der Waals surface area contributed by atoms with E-state index in [1.54, 1.807) is 11.3 Å². The zero-order valence-electron chi connectivity index (χ0n) is 13.7. The SMILES string of the molecule is C=NN(/C=C\N)CC(=O)N1CCC(c2nc(-c3ccsc3)no2)CC1. The van der Waals surface area contributed by atoms with Gasteiger partial charge in [0.2, 0.25) is 17.6 Å². The van der Waals surface area contributed by atoms with Crippen molar-refractivity contribution >= 4 is 24.0 Å². The van der Waals surface area contributed by atoms with Crippen LogP contribution >= 0.6 is 11.3 Å². The third kappa shape index (κ3) is 4.05. The number of hydrazone groups is 1. The van der Waals surface area contributed by atoms with Crippen LogP contribution in [0.5, 0.6) is 0 Å². The van der Waals surface area contributed by atoms with E-state index in [4.69, 9.17) is 10.3 Å². The molecule has 132 valence electrons. The molecule has 1 fully saturated rings. The van der Waals surface area contributed by atoms with Crippen molar-refractivity contribution in [3.63, 3.8) is 0 Å². The fourth-order valence-electron chi connectivity index (χ4n) is 2.77. The van der Waals surface area contributed by atoms with Gasteiger partial charge in [0.15, 0.2) is 0 Å². The lowest BCUT2D eigenvalue weighted by Crippen LogP contribution is -2.42. The van der Waals surface area contributed by atoms with Gasteiger partial charge in [-0.2, -0.15) is 21.4 Å². The van der Waals surface area contributed by atoms with Gasteiger partial charge in [0.1, 0.15) is 6.54 Å². The Morgan fingerprint density at radius 1 is 1.56 bits per heavy atom. The van der Waals surface area contributed by atoms with Crippen LogP contribution < -0.4 is 5.73 Å². The molecule has 0 radical (unpaired) electrons. The van der Waals surface area contributed by atoms with E-state index in [1.165, 1.54) is 17.4 Å². The number of aromatic nitrogens is 2. The number of hydrogen-bond donors (Lipinski definition) is 1. The molecule has 2 N–H and O–H groups in total. The first-order chi connectivity index (χ1) is 12.2. The molecule has 2 aromatic heterocycles. The molecule has 1 amide bonds. The standard InChI is InChI=1S/C16H20N6O2S/c1-18-22(8-5-17)10-14(23)21-6-2-12(3-7-21)16-19-15(20-24-16)13-4-9-25-11-13/h4-5,8-9,11-12H,1-3,6-7,10,17H2/b8-5-. The number of likely N-dealkylation sites (tertiary alicyclic amines) is 1. The van der Waals surface area contributed by atoms with Gasteiger partial charge in [0, 0.05) is 49.1 Å². The maximum absolute atomic E-state index is 12.3. The first kappa shape index (κ1) is 17.2. The average Bonchev–Trinajstić information content (AvgIpc) is 3.32. The molecule has 0 saturated carbocycles. The quantitative estimate of drug-likeness (QED) is 0.623. The molecular weight excluding hydrogens is 340 g/mol. The summed E-state index contributed by atoms with van der Waals surface area (Å²) in [4.78, 5) is 18.6. The molecule has 1 aliphatic rings. The second kappa shape index (κ2) is 7.93. The number of thiophene rings is 1. The Balaban J connectivity index is 1.55. The van der Waals surface area contributed by atoms with Crippen molar-refractivity contribution in [3.05, 3.63) is 35.1 Å². The lowest BCUT2D eigenvalue weighted by Gasteiger charge is -2.31. The number of rotatable bonds is 6. The molecule has 9 heteroatoms. The van der Waals surface area contributed by atoms with Crippen LogP contribution in [0, 0.1) is 0 Å². The number of carbonyl (C=O) groups excluding carboxylic acids is 1. The Labute approximate surface area is 149 Å². The number of piperidine rings is 1. The zero-order valence-corrected chi connectivity index (χ0v) is 14.6. The highest BCUT2D eigenvalue weighted by atomic mass is 32.1. The van der Waals surface area contributed by atoms with Gasteiger partial charge in [-0.1, -0.05) is 5.16 Å². The largest absolute Gasteiger partial charge is 0.403 e. The summed E-state index contributed by atoms with van der Waals surface area (Å²) in [5.74, 6) is 1.44. The van der Waals surface area contributed by atoms with E-state index in [9.17, 15) is 4.79 Å². The van der Waals surface area contributed by atoms with E-state index in [0.717, 1.165) is 18.4 Å². The van der Waals surface area contributed by atoms with Crippen molar-refractivity contribution in [1.82, 2.24) is 20.0 Å². The molecule has 0 unspecified atom stereocenters. The van der Waals surface area contributed by atoms with Gasteiger partial charge < -0.3 is 15.2 Å². The lowest BCUT2D eigenvalue weighted by atomic mass is 9.96. The Morgan fingerprint density at radius 3 is 3.00 bits per heavy atom. The predicted octanol–water partition coefficient (Wildman–Crippen LogP) is 1.85. The number of hydrogen-bond acceptors (Lipinski definition) is 8. The maximum Gasteiger partial charge on any atom is 0.244 e. The van der Waals surface area contributed by atoms with Gasteiger partial charge in [-0.05, 0) is 24.3 Å². The van der Waals surface area contributed by atoms with Crippen LogP contribution in [0.15, 0.2) is 38.9 Å². The Hall–Kier alpha value is -2.68. The highest BCUT2D eigenvalue weighted by Gasteiger charge is 2.28. The fourth-order valence-corrected chi connectivity index (χ4v) is 3.41. The number of carbonyl (C=O) groups is 1. The Kier molecular flexibility index (Phi) is 5.44. The van der Waals surface area contributed by atoms with E-state index >= 15 is 0 Å². The van der Waals surface area contributed by atoms with Gasteiger partial charge in [-0.25, -0.2) is 0 Å². The maximum atomic E-state index is 12.3. The van der Waals surface area contributed by atoms with Crippen LogP contribution in [-0.2, 0) is 4.79 Å². The van der Waals surface area contributed by atoms with Crippen molar-refractivity contribution in [2.45, 2.75) is 18.8 Å². The van der Waals surface area contributed by atoms with Crippen LogP contribution in [0.1, 0.15) is 24.7 Å². The number of amides is 1. The summed E-state index contributed by atoms with van der Waals surface area (Å²) >= 11 is 1.60. The van der Waals surface area contributed by atoms with Crippen LogP contribution in [0.2, 0.25) is 0 Å². The van der Waals surface area contributed by atoms with E-state index in [-0.39, 0.29) is 18.4 Å². The van der Waals surface area contributed by atoms with E-state index in [0.29, 0.717) is 24.8 Å². The number of nitrogens with two attached hydrogens (primary N) is 1. The van der Waals surface area contributed by atoms with Gasteiger partial charge in [0.05, 0.1) is 0 Å². The minimum absolute atomic E-state index is 0.00607. The molecule has 1 saturated heterocycles. The van der Waals surface area contributed by atoms with E-state index in [1.807, 2.05) is 21.7 Å². The highest BCUT2D eigenvalue weighted by Crippen LogP contribution is 2.29. The lowest BCUT2D eigenvalue weighted by molar-refractivity contribution is -0.132. The molecule has 0 atom stereocenters. The summed E-state index contributed by atoms with van der Waals surface area (Å²) in [5.41, 5.74) is 6.29. The van der Waals surface area contributed by atoms with Crippen LogP contribution in [0.3, 0.4) is 0 Å². The molecule has 3 rings (SSSR count). The first-order valence-corrected chi connectivity index (χ1v) is 8.91. The zero-order chi connectivity index (χ0) is 17.6. The molecule has 25 heavy (non-hydrogen) atoms. The summed E-state index contributed by atoms with van der Waals surface area (Å²) in [6, 6.07) is 1.97. The van der Waals surface area contributed by atoms with Crippen LogP contribution in [-0.4, -0.2) is 52.3 Å². The molecule has 0 aliphatic carbocycles. The summed E-state index contributed by atoms with van der Waals surface area (Å²) in [5, 5.41) is 13.2. The summed E-state index contributed by atoms with van der Waals surface area (Å²) in [6.45, 7) is 4.85. The second-order valence-electron chi connectivity index (χ2n) is 5.70. The molecule has 1 aliphatic heterocycles. The third-order valence-corrected chi connectivity index (χ3v) is 4.84. The van der Waals surface area contributed by atoms with Gasteiger partial charge >= 0.3 is 0 Å². The third-order valence-electron chi connectivity index (χ3n) is 4.16. The Bertz CT molecular complexity index is 734. The summed E-state index contributed by atoms with van der Waals surface area (Å²) < 4.78 is 5.42. The molecule has 2 aromatic rings. The average molecular weight is 360 g/mol. The first-order valence-electron chi connectivity index (χ1n) is 7.97. The minimum Gasteiger partial charge on any atom is -0.403 e. The molecule has 0 spiro atoms.